The lowest BCUT2D eigenvalue weighted by molar-refractivity contribution is -0.132. The lowest BCUT2D eigenvalue weighted by atomic mass is 9.98. The molecule has 0 radical (unpaired) electrons. The molecular weight excluding hydrogens is 350 g/mol. The number of piperidine rings is 1. The van der Waals surface area contributed by atoms with E-state index in [9.17, 15) is 13.2 Å². The van der Waals surface area contributed by atoms with Gasteiger partial charge >= 0.3 is 0 Å². The second-order valence-corrected chi connectivity index (χ2v) is 9.82. The zero-order valence-corrected chi connectivity index (χ0v) is 16.8. The highest BCUT2D eigenvalue weighted by molar-refractivity contribution is 7.89. The average Bonchev–Trinajstić information content (AvgIpc) is 2.94. The third-order valence-electron chi connectivity index (χ3n) is 5.93. The van der Waals surface area contributed by atoms with E-state index in [1.54, 1.807) is 30.1 Å². The van der Waals surface area contributed by atoms with Crippen LogP contribution in [0.4, 0.5) is 0 Å². The SMILES string of the molecule is Cc1ccc(S(=O)(=O)N(C)CC(=O)N(C)C2CC3CCC(C2)N3)cc1C. The molecule has 6 nitrogen and oxygen atoms in total. The number of hydrogen-bond acceptors (Lipinski definition) is 4. The number of rotatable bonds is 5. The summed E-state index contributed by atoms with van der Waals surface area (Å²) in [6.45, 7) is 3.70. The molecule has 1 aromatic carbocycles. The molecule has 144 valence electrons. The van der Waals surface area contributed by atoms with Crippen LogP contribution in [0, 0.1) is 13.8 Å². The van der Waals surface area contributed by atoms with Gasteiger partial charge in [0.05, 0.1) is 11.4 Å². The summed E-state index contributed by atoms with van der Waals surface area (Å²) in [6.07, 6.45) is 4.24. The number of amides is 1. The first kappa shape index (κ1) is 19.3. The number of sulfonamides is 1. The molecule has 0 aliphatic carbocycles. The topological polar surface area (TPSA) is 69.7 Å². The summed E-state index contributed by atoms with van der Waals surface area (Å²) in [5.74, 6) is -0.147. The van der Waals surface area contributed by atoms with Crippen molar-refractivity contribution < 1.29 is 13.2 Å². The van der Waals surface area contributed by atoms with Crippen LogP contribution in [0.2, 0.25) is 0 Å². The minimum absolute atomic E-state index is 0.134. The van der Waals surface area contributed by atoms with Gasteiger partial charge in [-0.05, 0) is 62.8 Å². The van der Waals surface area contributed by atoms with Crippen molar-refractivity contribution in [2.75, 3.05) is 20.6 Å². The minimum atomic E-state index is -3.67. The average molecular weight is 380 g/mol. The fourth-order valence-corrected chi connectivity index (χ4v) is 5.19. The van der Waals surface area contributed by atoms with Crippen molar-refractivity contribution in [2.24, 2.45) is 0 Å². The molecular formula is C19H29N3O3S. The van der Waals surface area contributed by atoms with Crippen LogP contribution in [0.1, 0.15) is 36.8 Å². The first-order valence-corrected chi connectivity index (χ1v) is 10.7. The number of likely N-dealkylation sites (N-methyl/N-ethyl adjacent to an activating group) is 2. The summed E-state index contributed by atoms with van der Waals surface area (Å²) in [7, 11) is -0.399. The summed E-state index contributed by atoms with van der Waals surface area (Å²) >= 11 is 0. The molecule has 2 heterocycles. The van der Waals surface area contributed by atoms with Crippen molar-refractivity contribution in [1.82, 2.24) is 14.5 Å². The molecule has 2 saturated heterocycles. The van der Waals surface area contributed by atoms with Crippen molar-refractivity contribution in [1.29, 1.82) is 0 Å². The third-order valence-corrected chi connectivity index (χ3v) is 7.73. The van der Waals surface area contributed by atoms with E-state index in [-0.39, 0.29) is 23.4 Å². The number of nitrogens with one attached hydrogen (secondary N) is 1. The number of fused-ring (bicyclic) bond motifs is 2. The summed E-state index contributed by atoms with van der Waals surface area (Å²) in [5, 5.41) is 3.57. The fourth-order valence-electron chi connectivity index (χ4n) is 3.99. The van der Waals surface area contributed by atoms with Crippen molar-refractivity contribution in [3.63, 3.8) is 0 Å². The quantitative estimate of drug-likeness (QED) is 0.845. The van der Waals surface area contributed by atoms with Crippen molar-refractivity contribution >= 4 is 15.9 Å². The second kappa shape index (κ2) is 7.29. The van der Waals surface area contributed by atoms with Crippen molar-refractivity contribution in [3.05, 3.63) is 29.3 Å². The van der Waals surface area contributed by atoms with Gasteiger partial charge in [0, 0.05) is 32.2 Å². The summed E-state index contributed by atoms with van der Waals surface area (Å²) in [6, 6.07) is 6.25. The van der Waals surface area contributed by atoms with E-state index in [1.165, 1.54) is 19.9 Å². The van der Waals surface area contributed by atoms with Gasteiger partial charge in [-0.3, -0.25) is 4.79 Å². The normalized spacial score (nSPS) is 25.5. The maximum absolute atomic E-state index is 12.8. The van der Waals surface area contributed by atoms with E-state index in [0.717, 1.165) is 28.3 Å². The fraction of sp³-hybridized carbons (Fsp3) is 0.632. The molecule has 26 heavy (non-hydrogen) atoms. The van der Waals surface area contributed by atoms with Crippen LogP contribution in [0.25, 0.3) is 0 Å². The Balaban J connectivity index is 1.67. The molecule has 1 aromatic rings. The third kappa shape index (κ3) is 3.80. The molecule has 3 rings (SSSR count). The highest BCUT2D eigenvalue weighted by atomic mass is 32.2. The van der Waals surface area contributed by atoms with E-state index >= 15 is 0 Å². The van der Waals surface area contributed by atoms with Crippen LogP contribution >= 0.6 is 0 Å². The van der Waals surface area contributed by atoms with E-state index in [4.69, 9.17) is 0 Å². The first-order valence-electron chi connectivity index (χ1n) is 9.24. The number of carbonyl (C=O) groups is 1. The molecule has 2 bridgehead atoms. The molecule has 2 fully saturated rings. The molecule has 2 unspecified atom stereocenters. The molecule has 2 aliphatic rings. The van der Waals surface area contributed by atoms with Gasteiger partial charge in [0.15, 0.2) is 0 Å². The van der Waals surface area contributed by atoms with Gasteiger partial charge in [-0.2, -0.15) is 4.31 Å². The van der Waals surface area contributed by atoms with Gasteiger partial charge in [-0.25, -0.2) is 8.42 Å². The number of aryl methyl sites for hydroxylation is 2. The molecule has 0 spiro atoms. The Morgan fingerprint density at radius 1 is 1.12 bits per heavy atom. The van der Waals surface area contributed by atoms with Gasteiger partial charge in [0.25, 0.3) is 0 Å². The first-order chi connectivity index (χ1) is 12.2. The van der Waals surface area contributed by atoms with E-state index < -0.39 is 10.0 Å². The molecule has 2 atom stereocenters. The zero-order valence-electron chi connectivity index (χ0n) is 16.0. The van der Waals surface area contributed by atoms with Gasteiger partial charge in [0.1, 0.15) is 0 Å². The number of carbonyl (C=O) groups excluding carboxylic acids is 1. The van der Waals surface area contributed by atoms with Gasteiger partial charge in [-0.1, -0.05) is 6.07 Å². The Kier molecular flexibility index (Phi) is 5.42. The van der Waals surface area contributed by atoms with Crippen molar-refractivity contribution in [3.8, 4) is 0 Å². The second-order valence-electron chi connectivity index (χ2n) is 7.77. The molecule has 0 saturated carbocycles. The lowest BCUT2D eigenvalue weighted by Gasteiger charge is -2.36. The number of hydrogen-bond donors (Lipinski definition) is 1. The Morgan fingerprint density at radius 3 is 2.31 bits per heavy atom. The maximum atomic E-state index is 12.8. The maximum Gasteiger partial charge on any atom is 0.243 e. The Morgan fingerprint density at radius 2 is 1.73 bits per heavy atom. The summed E-state index contributed by atoms with van der Waals surface area (Å²) < 4.78 is 26.7. The van der Waals surface area contributed by atoms with E-state index in [1.807, 2.05) is 13.8 Å². The zero-order chi connectivity index (χ0) is 19.1. The predicted octanol–water partition coefficient (Wildman–Crippen LogP) is 1.67. The minimum Gasteiger partial charge on any atom is -0.342 e. The smallest absolute Gasteiger partial charge is 0.243 e. The van der Waals surface area contributed by atoms with Crippen LogP contribution in [-0.2, 0) is 14.8 Å². The van der Waals surface area contributed by atoms with Crippen LogP contribution in [0.5, 0.6) is 0 Å². The highest BCUT2D eigenvalue weighted by Gasteiger charge is 2.37. The lowest BCUT2D eigenvalue weighted by Crippen LogP contribution is -2.50. The van der Waals surface area contributed by atoms with Gasteiger partial charge in [-0.15, -0.1) is 0 Å². The molecule has 1 N–H and O–H groups in total. The molecule has 2 aliphatic heterocycles. The van der Waals surface area contributed by atoms with Crippen molar-refractivity contribution in [2.45, 2.75) is 62.6 Å². The summed E-state index contributed by atoms with van der Waals surface area (Å²) in [5.41, 5.74) is 1.97. The van der Waals surface area contributed by atoms with E-state index in [2.05, 4.69) is 5.32 Å². The number of nitrogens with zero attached hydrogens (tertiary/aromatic N) is 2. The van der Waals surface area contributed by atoms with Crippen LogP contribution in [-0.4, -0.2) is 62.3 Å². The van der Waals surface area contributed by atoms with Gasteiger partial charge < -0.3 is 10.2 Å². The Labute approximate surface area is 156 Å². The summed E-state index contributed by atoms with van der Waals surface area (Å²) in [4.78, 5) is 14.7. The Bertz CT molecular complexity index is 781. The molecule has 7 heteroatoms. The van der Waals surface area contributed by atoms with Crippen LogP contribution in [0.3, 0.4) is 0 Å². The van der Waals surface area contributed by atoms with Gasteiger partial charge in [0.2, 0.25) is 15.9 Å². The monoisotopic (exact) mass is 379 g/mol. The predicted molar refractivity (Wildman–Crippen MR) is 101 cm³/mol. The van der Waals surface area contributed by atoms with E-state index in [0.29, 0.717) is 12.1 Å². The Hall–Kier alpha value is -1.44. The van der Waals surface area contributed by atoms with Crippen LogP contribution < -0.4 is 5.32 Å². The highest BCUT2D eigenvalue weighted by Crippen LogP contribution is 2.29. The largest absolute Gasteiger partial charge is 0.342 e. The number of benzene rings is 1. The standard InChI is InChI=1S/C19H29N3O3S/c1-13-5-8-18(9-14(13)2)26(24,25)21(3)12-19(23)22(4)17-10-15-6-7-16(11-17)20-15/h5,8-9,15-17,20H,6-7,10-12H2,1-4H3. The van der Waals surface area contributed by atoms with Crippen LogP contribution in [0.15, 0.2) is 23.1 Å². The molecule has 0 aromatic heterocycles. The molecule has 1 amide bonds.